The fourth-order valence-corrected chi connectivity index (χ4v) is 3.32. The van der Waals surface area contributed by atoms with Crippen molar-refractivity contribution in [2.24, 2.45) is 0 Å². The van der Waals surface area contributed by atoms with Crippen LogP contribution in [-0.4, -0.2) is 22.0 Å². The molecule has 33 heavy (non-hydrogen) atoms. The van der Waals surface area contributed by atoms with Crippen LogP contribution in [0.25, 0.3) is 11.5 Å². The van der Waals surface area contributed by atoms with Crippen LogP contribution in [0.15, 0.2) is 89.5 Å². The van der Waals surface area contributed by atoms with Gasteiger partial charge in [0, 0.05) is 12.7 Å². The van der Waals surface area contributed by atoms with Crippen molar-refractivity contribution in [2.75, 3.05) is 17.0 Å². The van der Waals surface area contributed by atoms with E-state index in [1.54, 1.807) is 29.3 Å². The van der Waals surface area contributed by atoms with E-state index in [4.69, 9.17) is 13.9 Å². The minimum atomic E-state index is -0.275. The molecule has 4 aromatic rings. The first-order valence-electron chi connectivity index (χ1n) is 10.3. The third-order valence-corrected chi connectivity index (χ3v) is 4.97. The van der Waals surface area contributed by atoms with Crippen molar-refractivity contribution in [1.82, 2.24) is 15.2 Å². The van der Waals surface area contributed by atoms with Crippen molar-refractivity contribution in [3.8, 4) is 11.5 Å². The molecule has 0 amide bonds. The normalized spacial score (nSPS) is 12.6. The molecule has 1 aliphatic heterocycles. The summed E-state index contributed by atoms with van der Waals surface area (Å²) >= 11 is 0. The third kappa shape index (κ3) is 4.77. The van der Waals surface area contributed by atoms with Gasteiger partial charge in [-0.15, -0.1) is 5.10 Å². The van der Waals surface area contributed by atoms with Gasteiger partial charge in [-0.1, -0.05) is 47.6 Å². The third-order valence-electron chi connectivity index (χ3n) is 4.97. The summed E-state index contributed by atoms with van der Waals surface area (Å²) in [6.07, 6.45) is 3.19. The van der Waals surface area contributed by atoms with Gasteiger partial charge < -0.3 is 19.2 Å². The maximum absolute atomic E-state index is 13.2. The molecule has 0 saturated heterocycles. The molecule has 5 rings (SSSR count). The van der Waals surface area contributed by atoms with Crippen LogP contribution in [0.2, 0.25) is 0 Å². The molecule has 8 nitrogen and oxygen atoms in total. The minimum Gasteiger partial charge on any atom is -0.459 e. The Morgan fingerprint density at radius 1 is 0.939 bits per heavy atom. The average molecular weight is 445 g/mol. The maximum atomic E-state index is 13.2. The molecule has 166 valence electrons. The molecule has 2 aromatic heterocycles. The summed E-state index contributed by atoms with van der Waals surface area (Å²) in [5.41, 5.74) is 2.60. The number of ether oxygens (including phenoxy) is 2. The van der Waals surface area contributed by atoms with E-state index in [-0.39, 0.29) is 18.6 Å². The molecule has 2 aromatic carbocycles. The standard InChI is InChI=1S/C24H20FN5O3/c25-19-10-8-17(9-11-19)13-27-22-20(7-4-12-26-22)23-28-29-24(33-23)30(21-15-31-16-32-21)14-18-5-2-1-3-6-18/h1-12,15H,13-14,16H2,(H,26,27). The summed E-state index contributed by atoms with van der Waals surface area (Å²) in [6, 6.07) is 20.0. The van der Waals surface area contributed by atoms with Gasteiger partial charge in [-0.05, 0) is 35.4 Å². The Morgan fingerprint density at radius 3 is 2.58 bits per heavy atom. The van der Waals surface area contributed by atoms with Gasteiger partial charge in [-0.25, -0.2) is 9.37 Å². The van der Waals surface area contributed by atoms with Crippen LogP contribution < -0.4 is 10.2 Å². The van der Waals surface area contributed by atoms with E-state index in [1.807, 2.05) is 36.4 Å². The van der Waals surface area contributed by atoms with Gasteiger partial charge >= 0.3 is 6.01 Å². The molecule has 0 fully saturated rings. The predicted molar refractivity (Wildman–Crippen MR) is 119 cm³/mol. The van der Waals surface area contributed by atoms with Crippen molar-refractivity contribution in [3.05, 3.63) is 102 Å². The number of halogens is 1. The zero-order chi connectivity index (χ0) is 22.5. The zero-order valence-electron chi connectivity index (χ0n) is 17.5. The molecule has 0 spiro atoms. The van der Waals surface area contributed by atoms with Gasteiger partial charge in [0.2, 0.25) is 12.7 Å². The van der Waals surface area contributed by atoms with E-state index in [2.05, 4.69) is 20.5 Å². The number of hydrogen-bond donors (Lipinski definition) is 1. The molecule has 1 aliphatic rings. The van der Waals surface area contributed by atoms with E-state index >= 15 is 0 Å². The second-order valence-corrected chi connectivity index (χ2v) is 7.23. The highest BCUT2D eigenvalue weighted by atomic mass is 19.1. The number of pyridine rings is 1. The summed E-state index contributed by atoms with van der Waals surface area (Å²) in [6.45, 7) is 1.05. The lowest BCUT2D eigenvalue weighted by atomic mass is 10.2. The number of anilines is 2. The second kappa shape index (κ2) is 9.39. The molecule has 9 heteroatoms. The van der Waals surface area contributed by atoms with Gasteiger partial charge in [0.15, 0.2) is 0 Å². The van der Waals surface area contributed by atoms with Crippen molar-refractivity contribution in [2.45, 2.75) is 13.1 Å². The molecule has 0 atom stereocenters. The lowest BCUT2D eigenvalue weighted by Gasteiger charge is -2.19. The monoisotopic (exact) mass is 445 g/mol. The van der Waals surface area contributed by atoms with Crippen molar-refractivity contribution < 1.29 is 18.3 Å². The van der Waals surface area contributed by atoms with E-state index in [9.17, 15) is 4.39 Å². The van der Waals surface area contributed by atoms with Gasteiger partial charge in [-0.3, -0.25) is 4.90 Å². The quantitative estimate of drug-likeness (QED) is 0.418. The lowest BCUT2D eigenvalue weighted by Crippen LogP contribution is -2.22. The van der Waals surface area contributed by atoms with Gasteiger partial charge in [0.05, 0.1) is 12.1 Å². The van der Waals surface area contributed by atoms with Crippen molar-refractivity contribution >= 4 is 11.8 Å². The first-order valence-corrected chi connectivity index (χ1v) is 10.3. The van der Waals surface area contributed by atoms with Crippen LogP contribution in [0.4, 0.5) is 16.2 Å². The SMILES string of the molecule is Fc1ccc(CNc2ncccc2-c2nnc(N(Cc3ccccc3)C3=COCO3)o2)cc1. The molecule has 1 N–H and O–H groups in total. The Labute approximate surface area is 189 Å². The molecule has 0 aliphatic carbocycles. The fourth-order valence-electron chi connectivity index (χ4n) is 3.32. The molecule has 0 radical (unpaired) electrons. The highest BCUT2D eigenvalue weighted by molar-refractivity contribution is 5.69. The highest BCUT2D eigenvalue weighted by Crippen LogP contribution is 2.30. The van der Waals surface area contributed by atoms with Gasteiger partial charge in [0.1, 0.15) is 17.9 Å². The van der Waals surface area contributed by atoms with Crippen LogP contribution in [0.5, 0.6) is 0 Å². The van der Waals surface area contributed by atoms with Crippen LogP contribution in [0.3, 0.4) is 0 Å². The predicted octanol–water partition coefficient (Wildman–Crippen LogP) is 4.69. The Balaban J connectivity index is 1.39. The number of hydrogen-bond acceptors (Lipinski definition) is 8. The lowest BCUT2D eigenvalue weighted by molar-refractivity contribution is 0.0776. The number of aromatic nitrogens is 3. The Kier molecular flexibility index (Phi) is 5.83. The van der Waals surface area contributed by atoms with Gasteiger partial charge in [0.25, 0.3) is 5.89 Å². The van der Waals surface area contributed by atoms with E-state index < -0.39 is 0 Å². The molecular weight excluding hydrogens is 425 g/mol. The first-order chi connectivity index (χ1) is 16.3. The Bertz CT molecular complexity index is 1240. The van der Waals surface area contributed by atoms with Crippen molar-refractivity contribution in [3.63, 3.8) is 0 Å². The summed E-state index contributed by atoms with van der Waals surface area (Å²) in [5.74, 6) is 1.08. The number of benzene rings is 2. The summed E-state index contributed by atoms with van der Waals surface area (Å²) < 4.78 is 30.0. The molecule has 0 bridgehead atoms. The molecule has 3 heterocycles. The number of nitrogens with zero attached hydrogens (tertiary/aromatic N) is 4. The van der Waals surface area contributed by atoms with E-state index in [0.717, 1.165) is 11.1 Å². The van der Waals surface area contributed by atoms with Crippen LogP contribution >= 0.6 is 0 Å². The van der Waals surface area contributed by atoms with E-state index in [0.29, 0.717) is 36.2 Å². The highest BCUT2D eigenvalue weighted by Gasteiger charge is 2.24. The molecule has 0 saturated carbocycles. The fraction of sp³-hybridized carbons (Fsp3) is 0.125. The van der Waals surface area contributed by atoms with Gasteiger partial charge in [-0.2, -0.15) is 0 Å². The smallest absolute Gasteiger partial charge is 0.325 e. The Morgan fingerprint density at radius 2 is 1.79 bits per heavy atom. The number of rotatable bonds is 8. The first kappa shape index (κ1) is 20.5. The summed E-state index contributed by atoms with van der Waals surface area (Å²) in [4.78, 5) is 6.16. The zero-order valence-corrected chi connectivity index (χ0v) is 17.5. The number of nitrogens with one attached hydrogen (secondary N) is 1. The average Bonchev–Trinajstić information content (AvgIpc) is 3.56. The maximum Gasteiger partial charge on any atom is 0.325 e. The van der Waals surface area contributed by atoms with Crippen LogP contribution in [0, 0.1) is 5.82 Å². The van der Waals surface area contributed by atoms with E-state index in [1.165, 1.54) is 18.4 Å². The van der Waals surface area contributed by atoms with Crippen molar-refractivity contribution in [1.29, 1.82) is 0 Å². The molecular formula is C24H20FN5O3. The van der Waals surface area contributed by atoms with Crippen LogP contribution in [0.1, 0.15) is 11.1 Å². The second-order valence-electron chi connectivity index (χ2n) is 7.23. The summed E-state index contributed by atoms with van der Waals surface area (Å²) in [7, 11) is 0. The Hall–Kier alpha value is -4.40. The topological polar surface area (TPSA) is 85.5 Å². The summed E-state index contributed by atoms with van der Waals surface area (Å²) in [5, 5.41) is 11.7. The van der Waals surface area contributed by atoms with Crippen LogP contribution in [-0.2, 0) is 22.6 Å². The minimum absolute atomic E-state index is 0.127. The largest absolute Gasteiger partial charge is 0.459 e. The molecule has 0 unspecified atom stereocenters.